The van der Waals surface area contributed by atoms with Gasteiger partial charge in [0.2, 0.25) is 10.1 Å². The Morgan fingerprint density at radius 2 is 2.12 bits per heavy atom. The second kappa shape index (κ2) is 4.88. The third kappa shape index (κ3) is 2.76. The molecule has 0 aromatic carbocycles. The number of nitrogens with two attached hydrogens (primary N) is 1. The summed E-state index contributed by atoms with van der Waals surface area (Å²) in [6.07, 6.45) is 1.51. The standard InChI is InChI=1S/C8H12N4O2S2/c9-8-12-11-7(15-8)6(13)10-5-1-3-16(14)4-2-5/h5H,1-4H2,(H2,9,12)(H,10,13). The van der Waals surface area contributed by atoms with E-state index in [0.29, 0.717) is 11.5 Å². The fraction of sp³-hybridized carbons (Fsp3) is 0.625. The van der Waals surface area contributed by atoms with Crippen LogP contribution >= 0.6 is 11.3 Å². The highest BCUT2D eigenvalue weighted by Crippen LogP contribution is 2.13. The van der Waals surface area contributed by atoms with Crippen LogP contribution in [0.2, 0.25) is 0 Å². The van der Waals surface area contributed by atoms with E-state index in [1.165, 1.54) is 0 Å². The minimum absolute atomic E-state index is 0.0929. The van der Waals surface area contributed by atoms with Crippen molar-refractivity contribution in [2.45, 2.75) is 18.9 Å². The first-order valence-corrected chi connectivity index (χ1v) is 7.20. The summed E-state index contributed by atoms with van der Waals surface area (Å²) in [5, 5.41) is 10.7. The molecule has 1 aromatic heterocycles. The number of nitrogen functional groups attached to an aromatic ring is 1. The molecule has 16 heavy (non-hydrogen) atoms. The van der Waals surface area contributed by atoms with E-state index in [1.54, 1.807) is 0 Å². The number of carbonyl (C=O) groups is 1. The Balaban J connectivity index is 1.90. The maximum atomic E-state index is 11.7. The summed E-state index contributed by atoms with van der Waals surface area (Å²) in [5.74, 6) is 1.07. The molecule has 0 radical (unpaired) electrons. The summed E-state index contributed by atoms with van der Waals surface area (Å²) in [4.78, 5) is 11.7. The molecule has 0 saturated carbocycles. The number of rotatable bonds is 2. The lowest BCUT2D eigenvalue weighted by molar-refractivity contribution is 0.0933. The van der Waals surface area contributed by atoms with Crippen molar-refractivity contribution in [1.29, 1.82) is 0 Å². The van der Waals surface area contributed by atoms with Crippen LogP contribution in [0.15, 0.2) is 0 Å². The number of carbonyl (C=O) groups excluding carboxylic acids is 1. The summed E-state index contributed by atoms with van der Waals surface area (Å²) in [6, 6.07) is 0.0929. The minimum Gasteiger partial charge on any atom is -0.374 e. The Kier molecular flexibility index (Phi) is 3.49. The van der Waals surface area contributed by atoms with E-state index in [2.05, 4.69) is 15.5 Å². The summed E-state index contributed by atoms with van der Waals surface area (Å²) < 4.78 is 11.1. The Hall–Kier alpha value is -1.02. The highest BCUT2D eigenvalue weighted by Gasteiger charge is 2.21. The quantitative estimate of drug-likeness (QED) is 0.765. The Morgan fingerprint density at radius 1 is 1.44 bits per heavy atom. The van der Waals surface area contributed by atoms with Crippen LogP contribution in [0.3, 0.4) is 0 Å². The Morgan fingerprint density at radius 3 is 2.69 bits per heavy atom. The van der Waals surface area contributed by atoms with Gasteiger partial charge >= 0.3 is 0 Å². The average Bonchev–Trinajstić information content (AvgIpc) is 2.68. The fourth-order valence-corrected chi connectivity index (χ4v) is 3.32. The van der Waals surface area contributed by atoms with Gasteiger partial charge < -0.3 is 11.1 Å². The molecule has 0 spiro atoms. The minimum atomic E-state index is -0.713. The van der Waals surface area contributed by atoms with Gasteiger partial charge in [-0.1, -0.05) is 11.3 Å². The molecule has 8 heteroatoms. The van der Waals surface area contributed by atoms with Crippen LogP contribution in [-0.4, -0.2) is 37.9 Å². The number of anilines is 1. The van der Waals surface area contributed by atoms with Crippen molar-refractivity contribution in [1.82, 2.24) is 15.5 Å². The van der Waals surface area contributed by atoms with Gasteiger partial charge in [-0.3, -0.25) is 9.00 Å². The van der Waals surface area contributed by atoms with Gasteiger partial charge in [-0.15, -0.1) is 10.2 Å². The first kappa shape index (κ1) is 11.5. The third-order valence-electron chi connectivity index (χ3n) is 2.36. The molecule has 2 heterocycles. The van der Waals surface area contributed by atoms with Gasteiger partial charge in [0.1, 0.15) is 0 Å². The molecule has 1 fully saturated rings. The van der Waals surface area contributed by atoms with Gasteiger partial charge in [0.15, 0.2) is 0 Å². The maximum Gasteiger partial charge on any atom is 0.282 e. The summed E-state index contributed by atoms with van der Waals surface area (Å²) in [6.45, 7) is 0. The lowest BCUT2D eigenvalue weighted by atomic mass is 10.1. The molecule has 0 unspecified atom stereocenters. The monoisotopic (exact) mass is 260 g/mol. The second-order valence-corrected chi connectivity index (χ2v) is 6.25. The van der Waals surface area contributed by atoms with E-state index < -0.39 is 10.8 Å². The molecule has 1 saturated heterocycles. The summed E-state index contributed by atoms with van der Waals surface area (Å²) >= 11 is 1.07. The van der Waals surface area contributed by atoms with Crippen LogP contribution in [0, 0.1) is 0 Å². The maximum absolute atomic E-state index is 11.7. The van der Waals surface area contributed by atoms with E-state index >= 15 is 0 Å². The van der Waals surface area contributed by atoms with Gasteiger partial charge in [0.05, 0.1) is 0 Å². The van der Waals surface area contributed by atoms with E-state index in [0.717, 1.165) is 24.2 Å². The first-order valence-electron chi connectivity index (χ1n) is 4.90. The predicted molar refractivity (Wildman–Crippen MR) is 62.7 cm³/mol. The van der Waals surface area contributed by atoms with E-state index in [1.807, 2.05) is 0 Å². The van der Waals surface area contributed by atoms with Gasteiger partial charge in [0, 0.05) is 28.3 Å². The smallest absolute Gasteiger partial charge is 0.282 e. The molecule has 3 N–H and O–H groups in total. The molecule has 88 valence electrons. The van der Waals surface area contributed by atoms with Gasteiger partial charge in [-0.25, -0.2) is 0 Å². The van der Waals surface area contributed by atoms with E-state index in [-0.39, 0.29) is 22.1 Å². The normalized spacial score (nSPS) is 25.2. The number of hydrogen-bond donors (Lipinski definition) is 2. The first-order chi connectivity index (χ1) is 7.65. The van der Waals surface area contributed by atoms with Crippen molar-refractivity contribution in [3.8, 4) is 0 Å². The predicted octanol–water partition coefficient (Wildman–Crippen LogP) is -0.239. The molecule has 1 amide bonds. The van der Waals surface area contributed by atoms with Crippen molar-refractivity contribution in [2.24, 2.45) is 0 Å². The van der Waals surface area contributed by atoms with Gasteiger partial charge in [-0.2, -0.15) is 0 Å². The summed E-state index contributed by atoms with van der Waals surface area (Å²) in [5.41, 5.74) is 5.39. The highest BCUT2D eigenvalue weighted by atomic mass is 32.2. The number of aromatic nitrogens is 2. The van der Waals surface area contributed by atoms with Crippen molar-refractivity contribution in [3.63, 3.8) is 0 Å². The van der Waals surface area contributed by atoms with Crippen LogP contribution in [0.4, 0.5) is 5.13 Å². The molecule has 0 bridgehead atoms. The van der Waals surface area contributed by atoms with E-state index in [9.17, 15) is 9.00 Å². The average molecular weight is 260 g/mol. The molecule has 0 aliphatic carbocycles. The zero-order valence-electron chi connectivity index (χ0n) is 8.51. The van der Waals surface area contributed by atoms with Crippen LogP contribution in [-0.2, 0) is 10.8 Å². The Bertz CT molecular complexity index is 410. The second-order valence-electron chi connectivity index (χ2n) is 3.54. The number of nitrogens with zero attached hydrogens (tertiary/aromatic N) is 2. The van der Waals surface area contributed by atoms with Crippen molar-refractivity contribution < 1.29 is 9.00 Å². The van der Waals surface area contributed by atoms with Crippen molar-refractivity contribution in [3.05, 3.63) is 5.01 Å². The molecular weight excluding hydrogens is 248 g/mol. The number of nitrogens with one attached hydrogen (secondary N) is 1. The SMILES string of the molecule is Nc1nnc(C(=O)NC2CCS(=O)CC2)s1. The van der Waals surface area contributed by atoms with E-state index in [4.69, 9.17) is 5.73 Å². The molecule has 1 aromatic rings. The van der Waals surface area contributed by atoms with Crippen molar-refractivity contribution >= 4 is 33.2 Å². The number of hydrogen-bond acceptors (Lipinski definition) is 6. The highest BCUT2D eigenvalue weighted by molar-refractivity contribution is 7.85. The molecule has 0 atom stereocenters. The summed E-state index contributed by atoms with van der Waals surface area (Å²) in [7, 11) is -0.713. The van der Waals surface area contributed by atoms with Crippen LogP contribution in [0.5, 0.6) is 0 Å². The van der Waals surface area contributed by atoms with Crippen LogP contribution in [0.1, 0.15) is 22.6 Å². The van der Waals surface area contributed by atoms with Crippen molar-refractivity contribution in [2.75, 3.05) is 17.2 Å². The molecule has 2 rings (SSSR count). The van der Waals surface area contributed by atoms with Crippen LogP contribution in [0.25, 0.3) is 0 Å². The topological polar surface area (TPSA) is 98.0 Å². The lowest BCUT2D eigenvalue weighted by Crippen LogP contribution is -2.39. The molecule has 6 nitrogen and oxygen atoms in total. The zero-order valence-corrected chi connectivity index (χ0v) is 10.1. The zero-order chi connectivity index (χ0) is 11.5. The molecular formula is C8H12N4O2S2. The molecule has 1 aliphatic heterocycles. The molecule has 1 aliphatic rings. The Labute approximate surface area is 99.1 Å². The largest absolute Gasteiger partial charge is 0.374 e. The lowest BCUT2D eigenvalue weighted by Gasteiger charge is -2.21. The number of amides is 1. The van der Waals surface area contributed by atoms with Crippen LogP contribution < -0.4 is 11.1 Å². The fourth-order valence-electron chi connectivity index (χ4n) is 1.51. The van der Waals surface area contributed by atoms with Gasteiger partial charge in [-0.05, 0) is 12.8 Å². The van der Waals surface area contributed by atoms with Gasteiger partial charge in [0.25, 0.3) is 5.91 Å². The third-order valence-corrected chi connectivity index (χ3v) is 4.49.